The molecule has 1 fully saturated rings. The predicted molar refractivity (Wildman–Crippen MR) is 112 cm³/mol. The molecule has 9 nitrogen and oxygen atoms in total. The molecule has 2 rings (SSSR count). The molecule has 0 aromatic carbocycles. The van der Waals surface area contributed by atoms with E-state index in [-0.39, 0.29) is 54.4 Å². The van der Waals surface area contributed by atoms with Crippen molar-refractivity contribution >= 4 is 47.4 Å². The highest BCUT2D eigenvalue weighted by Crippen LogP contribution is 2.15. The number of rotatable bonds is 3. The minimum atomic E-state index is -0.284. The van der Waals surface area contributed by atoms with Gasteiger partial charge in [0.15, 0.2) is 5.96 Å². The van der Waals surface area contributed by atoms with Crippen molar-refractivity contribution in [3.05, 3.63) is 12.4 Å². The lowest BCUT2D eigenvalue weighted by atomic mass is 10.1. The Labute approximate surface area is 171 Å². The summed E-state index contributed by atoms with van der Waals surface area (Å²) in [6.45, 7) is 7.26. The number of carbonyl (C=O) groups excluding carboxylic acids is 2. The van der Waals surface area contributed by atoms with Crippen LogP contribution in [0.3, 0.4) is 0 Å². The Bertz CT molecular complexity index is 666. The lowest BCUT2D eigenvalue weighted by molar-refractivity contribution is -0.121. The third kappa shape index (κ3) is 6.15. The summed E-state index contributed by atoms with van der Waals surface area (Å²) >= 11 is 0. The molecule has 1 aliphatic rings. The third-order valence-corrected chi connectivity index (χ3v) is 3.66. The molecule has 0 spiro atoms. The average molecular weight is 477 g/mol. The fourth-order valence-corrected chi connectivity index (χ4v) is 2.63. The van der Waals surface area contributed by atoms with Crippen molar-refractivity contribution in [2.75, 3.05) is 38.1 Å². The maximum atomic E-state index is 12.4. The number of nitrogens with one attached hydrogen (secondary N) is 2. The van der Waals surface area contributed by atoms with Crippen molar-refractivity contribution in [3.63, 3.8) is 0 Å². The van der Waals surface area contributed by atoms with Gasteiger partial charge in [0.1, 0.15) is 6.54 Å². The summed E-state index contributed by atoms with van der Waals surface area (Å²) in [5.74, 6) is 0.401. The van der Waals surface area contributed by atoms with Gasteiger partial charge in [0.05, 0.1) is 18.4 Å². The largest absolute Gasteiger partial charge is 0.350 e. The van der Waals surface area contributed by atoms with E-state index >= 15 is 0 Å². The first kappa shape index (κ1) is 22.2. The maximum absolute atomic E-state index is 12.4. The Hall–Kier alpha value is -1.85. The minimum Gasteiger partial charge on any atom is -0.350 e. The van der Waals surface area contributed by atoms with Crippen molar-refractivity contribution in [2.24, 2.45) is 12.0 Å². The molecule has 0 bridgehead atoms. The van der Waals surface area contributed by atoms with E-state index in [2.05, 4.69) is 20.7 Å². The summed E-state index contributed by atoms with van der Waals surface area (Å²) in [6.07, 6.45) is 3.49. The second-order valence-corrected chi connectivity index (χ2v) is 7.04. The molecule has 0 aliphatic carbocycles. The van der Waals surface area contributed by atoms with Gasteiger partial charge in [-0.15, -0.1) is 24.0 Å². The van der Waals surface area contributed by atoms with Gasteiger partial charge in [-0.05, 0) is 20.8 Å². The quantitative estimate of drug-likeness (QED) is 0.368. The molecular formula is C16H28IN7O2. The molecule has 1 aromatic heterocycles. The Morgan fingerprint density at radius 2 is 2.04 bits per heavy atom. The van der Waals surface area contributed by atoms with Gasteiger partial charge < -0.3 is 20.4 Å². The lowest BCUT2D eigenvalue weighted by Gasteiger charge is -2.35. The van der Waals surface area contributed by atoms with E-state index in [9.17, 15) is 9.59 Å². The zero-order valence-electron chi connectivity index (χ0n) is 15.9. The number of hydrogen-bond donors (Lipinski definition) is 2. The molecule has 0 atom stereocenters. The van der Waals surface area contributed by atoms with Crippen LogP contribution >= 0.6 is 24.0 Å². The van der Waals surface area contributed by atoms with E-state index in [1.807, 2.05) is 38.9 Å². The predicted octanol–water partition coefficient (Wildman–Crippen LogP) is 0.177. The topological polar surface area (TPSA) is 94.9 Å². The van der Waals surface area contributed by atoms with Crippen LogP contribution in [0.4, 0.5) is 5.69 Å². The van der Waals surface area contributed by atoms with Crippen LogP contribution in [0.1, 0.15) is 20.8 Å². The van der Waals surface area contributed by atoms with E-state index in [0.717, 1.165) is 5.69 Å². The SMILES string of the molecule is CN=C(NCC(=O)NC(C)(C)C)N1CCN(c2cnn(C)c2)C(=O)C1.I. The number of aromatic nitrogens is 2. The molecule has 2 N–H and O–H groups in total. The van der Waals surface area contributed by atoms with E-state index in [1.165, 1.54) is 0 Å². The van der Waals surface area contributed by atoms with Gasteiger partial charge in [-0.1, -0.05) is 0 Å². The molecule has 10 heteroatoms. The van der Waals surface area contributed by atoms with Crippen molar-refractivity contribution in [1.29, 1.82) is 0 Å². The van der Waals surface area contributed by atoms with Gasteiger partial charge >= 0.3 is 0 Å². The first-order valence-corrected chi connectivity index (χ1v) is 8.25. The van der Waals surface area contributed by atoms with E-state index in [1.54, 1.807) is 22.8 Å². The summed E-state index contributed by atoms with van der Waals surface area (Å²) in [5, 5.41) is 10.0. The van der Waals surface area contributed by atoms with E-state index < -0.39 is 0 Å². The summed E-state index contributed by atoms with van der Waals surface area (Å²) in [7, 11) is 3.46. The zero-order chi connectivity index (χ0) is 18.6. The monoisotopic (exact) mass is 477 g/mol. The third-order valence-electron chi connectivity index (χ3n) is 3.66. The van der Waals surface area contributed by atoms with Gasteiger partial charge in [-0.2, -0.15) is 5.10 Å². The van der Waals surface area contributed by atoms with Gasteiger partial charge in [0.2, 0.25) is 11.8 Å². The smallest absolute Gasteiger partial charge is 0.246 e. The second kappa shape index (κ2) is 9.19. The molecule has 1 saturated heterocycles. The summed E-state index contributed by atoms with van der Waals surface area (Å²) in [5.41, 5.74) is 0.507. The Balaban J connectivity index is 0.00000338. The van der Waals surface area contributed by atoms with Crippen LogP contribution in [0, 0.1) is 0 Å². The second-order valence-electron chi connectivity index (χ2n) is 7.04. The number of aliphatic imine (C=N–C) groups is 1. The average Bonchev–Trinajstić information content (AvgIpc) is 2.92. The van der Waals surface area contributed by atoms with E-state index in [4.69, 9.17) is 0 Å². The molecule has 26 heavy (non-hydrogen) atoms. The number of amides is 2. The molecule has 0 saturated carbocycles. The number of carbonyl (C=O) groups is 2. The molecule has 146 valence electrons. The van der Waals surface area contributed by atoms with Crippen LogP contribution in [0.5, 0.6) is 0 Å². The molecule has 1 aliphatic heterocycles. The zero-order valence-corrected chi connectivity index (χ0v) is 18.3. The number of hydrogen-bond acceptors (Lipinski definition) is 4. The van der Waals surface area contributed by atoms with Crippen molar-refractivity contribution in [3.8, 4) is 0 Å². The molecule has 0 unspecified atom stereocenters. The van der Waals surface area contributed by atoms with Crippen LogP contribution < -0.4 is 15.5 Å². The highest BCUT2D eigenvalue weighted by Gasteiger charge is 2.28. The fourth-order valence-electron chi connectivity index (χ4n) is 2.63. The molecule has 2 amide bonds. The maximum Gasteiger partial charge on any atom is 0.246 e. The first-order valence-electron chi connectivity index (χ1n) is 8.25. The fraction of sp³-hybridized carbons (Fsp3) is 0.625. The molecular weight excluding hydrogens is 449 g/mol. The van der Waals surface area contributed by atoms with Crippen LogP contribution in [-0.4, -0.2) is 71.2 Å². The lowest BCUT2D eigenvalue weighted by Crippen LogP contribution is -2.56. The van der Waals surface area contributed by atoms with Crippen molar-refractivity contribution < 1.29 is 9.59 Å². The van der Waals surface area contributed by atoms with Crippen molar-refractivity contribution in [2.45, 2.75) is 26.3 Å². The van der Waals surface area contributed by atoms with Gasteiger partial charge in [0, 0.05) is 38.9 Å². The number of halogens is 1. The minimum absolute atomic E-state index is 0. The Kier molecular flexibility index (Phi) is 7.85. The Morgan fingerprint density at radius 1 is 1.35 bits per heavy atom. The first-order chi connectivity index (χ1) is 11.7. The Morgan fingerprint density at radius 3 is 2.54 bits per heavy atom. The highest BCUT2D eigenvalue weighted by atomic mass is 127. The van der Waals surface area contributed by atoms with Crippen LogP contribution in [0.2, 0.25) is 0 Å². The molecule has 0 radical (unpaired) electrons. The summed E-state index contributed by atoms with van der Waals surface area (Å²) in [4.78, 5) is 32.1. The van der Waals surface area contributed by atoms with E-state index in [0.29, 0.717) is 19.0 Å². The highest BCUT2D eigenvalue weighted by molar-refractivity contribution is 14.0. The number of anilines is 1. The van der Waals surface area contributed by atoms with Crippen LogP contribution in [0.25, 0.3) is 0 Å². The van der Waals surface area contributed by atoms with Gasteiger partial charge in [-0.25, -0.2) is 0 Å². The van der Waals surface area contributed by atoms with Crippen molar-refractivity contribution in [1.82, 2.24) is 25.3 Å². The normalized spacial score (nSPS) is 15.6. The number of aryl methyl sites for hydroxylation is 1. The number of guanidine groups is 1. The van der Waals surface area contributed by atoms with Gasteiger partial charge in [-0.3, -0.25) is 19.3 Å². The number of nitrogens with zero attached hydrogens (tertiary/aromatic N) is 5. The molecule has 2 heterocycles. The summed E-state index contributed by atoms with van der Waals surface area (Å²) < 4.78 is 1.67. The summed E-state index contributed by atoms with van der Waals surface area (Å²) in [6, 6.07) is 0. The van der Waals surface area contributed by atoms with Crippen LogP contribution in [0.15, 0.2) is 17.4 Å². The van der Waals surface area contributed by atoms with Gasteiger partial charge in [0.25, 0.3) is 0 Å². The number of piperazine rings is 1. The standard InChI is InChI=1S/C16H27N7O2.HI/c1-16(2,3)20-13(24)9-18-15(17-4)22-6-7-23(14(25)11-22)12-8-19-21(5)10-12;/h8,10H,6-7,9,11H2,1-5H3,(H,17,18)(H,20,24);1H. The molecule has 1 aromatic rings. The van der Waals surface area contributed by atoms with Crippen LogP contribution in [-0.2, 0) is 16.6 Å².